The average molecular weight is 238 g/mol. The number of esters is 1. The first-order valence-electron chi connectivity index (χ1n) is 5.67. The summed E-state index contributed by atoms with van der Waals surface area (Å²) < 4.78 is 23.3. The number of rotatable bonds is 4. The maximum absolute atomic E-state index is 13.5. The number of carbonyl (C=O) groups is 1. The Balaban J connectivity index is 2.06. The molecule has 0 spiro atoms. The van der Waals surface area contributed by atoms with Crippen molar-refractivity contribution in [2.45, 2.75) is 19.3 Å². The summed E-state index contributed by atoms with van der Waals surface area (Å²) in [6, 6.07) is 4.82. The van der Waals surface area contributed by atoms with E-state index in [2.05, 4.69) is 0 Å². The van der Waals surface area contributed by atoms with Crippen molar-refractivity contribution in [1.82, 2.24) is 0 Å². The third kappa shape index (κ3) is 2.40. The van der Waals surface area contributed by atoms with Gasteiger partial charge in [0.1, 0.15) is 0 Å². The molecule has 1 aromatic rings. The molecule has 2 atom stereocenters. The smallest absolute Gasteiger partial charge is 0.309 e. The lowest BCUT2D eigenvalue weighted by atomic mass is 10.1. The van der Waals surface area contributed by atoms with E-state index in [4.69, 9.17) is 9.47 Å². The molecule has 0 amide bonds. The second-order valence-electron chi connectivity index (χ2n) is 4.09. The zero-order valence-electron chi connectivity index (χ0n) is 9.90. The van der Waals surface area contributed by atoms with E-state index in [0.29, 0.717) is 6.61 Å². The van der Waals surface area contributed by atoms with Gasteiger partial charge in [-0.15, -0.1) is 0 Å². The van der Waals surface area contributed by atoms with Gasteiger partial charge in [0, 0.05) is 0 Å². The minimum absolute atomic E-state index is 0.0921. The first-order valence-corrected chi connectivity index (χ1v) is 5.67. The maximum atomic E-state index is 13.5. The highest BCUT2D eigenvalue weighted by Gasteiger charge is 2.45. The first kappa shape index (κ1) is 11.9. The summed E-state index contributed by atoms with van der Waals surface area (Å²) in [4.78, 5) is 11.5. The quantitative estimate of drug-likeness (QED) is 0.756. The molecule has 4 heteroatoms. The molecule has 0 saturated heterocycles. The van der Waals surface area contributed by atoms with Crippen molar-refractivity contribution in [3.8, 4) is 5.75 Å². The van der Waals surface area contributed by atoms with Crippen LogP contribution in [0.1, 0.15) is 24.8 Å². The van der Waals surface area contributed by atoms with Crippen LogP contribution in [0, 0.1) is 11.7 Å². The van der Waals surface area contributed by atoms with Crippen LogP contribution in [0.2, 0.25) is 0 Å². The van der Waals surface area contributed by atoms with Crippen molar-refractivity contribution in [2.24, 2.45) is 5.92 Å². The molecule has 0 aromatic heterocycles. The zero-order chi connectivity index (χ0) is 12.4. The lowest BCUT2D eigenvalue weighted by molar-refractivity contribution is -0.144. The molecule has 0 unspecified atom stereocenters. The molecule has 1 aliphatic carbocycles. The largest absolute Gasteiger partial charge is 0.494 e. The van der Waals surface area contributed by atoms with Crippen LogP contribution < -0.4 is 4.74 Å². The van der Waals surface area contributed by atoms with Crippen molar-refractivity contribution in [3.05, 3.63) is 29.6 Å². The Morgan fingerprint density at radius 2 is 2.29 bits per heavy atom. The molecule has 17 heavy (non-hydrogen) atoms. The fourth-order valence-electron chi connectivity index (χ4n) is 1.99. The van der Waals surface area contributed by atoms with Crippen molar-refractivity contribution in [1.29, 1.82) is 0 Å². The lowest BCUT2D eigenvalue weighted by Gasteiger charge is -2.05. The number of methoxy groups -OCH3 is 1. The molecule has 92 valence electrons. The molecule has 3 nitrogen and oxygen atoms in total. The summed E-state index contributed by atoms with van der Waals surface area (Å²) in [6.07, 6.45) is 0.741. The summed E-state index contributed by atoms with van der Waals surface area (Å²) in [7, 11) is 1.43. The van der Waals surface area contributed by atoms with Gasteiger partial charge >= 0.3 is 5.97 Å². The molecule has 0 bridgehead atoms. The zero-order valence-corrected chi connectivity index (χ0v) is 9.90. The van der Waals surface area contributed by atoms with Crippen LogP contribution in [0.4, 0.5) is 4.39 Å². The van der Waals surface area contributed by atoms with E-state index >= 15 is 0 Å². The molecular weight excluding hydrogens is 223 g/mol. The Bertz CT molecular complexity index is 431. The van der Waals surface area contributed by atoms with Crippen LogP contribution in [0.3, 0.4) is 0 Å². The van der Waals surface area contributed by atoms with E-state index in [9.17, 15) is 9.18 Å². The number of carbonyl (C=O) groups excluding carboxylic acids is 1. The molecule has 0 radical (unpaired) electrons. The molecule has 1 saturated carbocycles. The first-order chi connectivity index (χ1) is 8.17. The maximum Gasteiger partial charge on any atom is 0.309 e. The monoisotopic (exact) mass is 238 g/mol. The third-order valence-electron chi connectivity index (χ3n) is 2.98. The predicted molar refractivity (Wildman–Crippen MR) is 60.4 cm³/mol. The fraction of sp³-hybridized carbons (Fsp3) is 0.462. The number of ether oxygens (including phenoxy) is 2. The van der Waals surface area contributed by atoms with Gasteiger partial charge in [-0.05, 0) is 37.0 Å². The highest BCUT2D eigenvalue weighted by Crippen LogP contribution is 2.48. The SMILES string of the molecule is CCOC(=O)[C@@H]1C[C@@H]1c1ccc(OC)c(F)c1. The van der Waals surface area contributed by atoms with Gasteiger partial charge in [0.05, 0.1) is 19.6 Å². The van der Waals surface area contributed by atoms with Gasteiger partial charge in [0.2, 0.25) is 0 Å². The minimum atomic E-state index is -0.389. The molecule has 2 rings (SSSR count). The van der Waals surface area contributed by atoms with Crippen LogP contribution in [0.15, 0.2) is 18.2 Å². The van der Waals surface area contributed by atoms with Crippen LogP contribution in [0.5, 0.6) is 5.75 Å². The number of halogens is 1. The van der Waals surface area contributed by atoms with Gasteiger partial charge in [0.25, 0.3) is 0 Å². The Morgan fingerprint density at radius 3 is 2.88 bits per heavy atom. The molecule has 0 aliphatic heterocycles. The number of benzene rings is 1. The van der Waals surface area contributed by atoms with Gasteiger partial charge < -0.3 is 9.47 Å². The van der Waals surface area contributed by atoms with E-state index in [1.165, 1.54) is 13.2 Å². The number of hydrogen-bond acceptors (Lipinski definition) is 3. The lowest BCUT2D eigenvalue weighted by Crippen LogP contribution is -2.07. The summed E-state index contributed by atoms with van der Waals surface area (Å²) in [5, 5.41) is 0. The van der Waals surface area contributed by atoms with E-state index in [-0.39, 0.29) is 29.4 Å². The summed E-state index contributed by atoms with van der Waals surface area (Å²) in [5.74, 6) is -0.368. The van der Waals surface area contributed by atoms with Crippen molar-refractivity contribution in [2.75, 3.05) is 13.7 Å². The van der Waals surface area contributed by atoms with Crippen LogP contribution in [-0.4, -0.2) is 19.7 Å². The molecule has 1 aliphatic rings. The van der Waals surface area contributed by atoms with Crippen molar-refractivity contribution >= 4 is 5.97 Å². The summed E-state index contributed by atoms with van der Waals surface area (Å²) >= 11 is 0. The molecular formula is C13H15FO3. The van der Waals surface area contributed by atoms with E-state index in [0.717, 1.165) is 12.0 Å². The summed E-state index contributed by atoms with van der Waals surface area (Å²) in [6.45, 7) is 2.17. The highest BCUT2D eigenvalue weighted by molar-refractivity contribution is 5.77. The third-order valence-corrected chi connectivity index (χ3v) is 2.98. The predicted octanol–water partition coefficient (Wildman–Crippen LogP) is 2.50. The molecule has 0 heterocycles. The van der Waals surface area contributed by atoms with Gasteiger partial charge in [-0.25, -0.2) is 4.39 Å². The normalized spacial score (nSPS) is 22.1. The second kappa shape index (κ2) is 4.73. The van der Waals surface area contributed by atoms with Crippen molar-refractivity contribution in [3.63, 3.8) is 0 Å². The highest BCUT2D eigenvalue weighted by atomic mass is 19.1. The van der Waals surface area contributed by atoms with Gasteiger partial charge in [-0.3, -0.25) is 4.79 Å². The van der Waals surface area contributed by atoms with Crippen LogP contribution >= 0.6 is 0 Å². The van der Waals surface area contributed by atoms with Crippen molar-refractivity contribution < 1.29 is 18.7 Å². The Hall–Kier alpha value is -1.58. The number of hydrogen-bond donors (Lipinski definition) is 0. The average Bonchev–Trinajstić information content (AvgIpc) is 3.09. The molecule has 0 N–H and O–H groups in total. The molecule has 1 aromatic carbocycles. The fourth-order valence-corrected chi connectivity index (χ4v) is 1.99. The van der Waals surface area contributed by atoms with E-state index in [1.807, 2.05) is 0 Å². The Kier molecular flexibility index (Phi) is 3.31. The standard InChI is InChI=1S/C13H15FO3/c1-3-17-13(15)10-7-9(10)8-4-5-12(16-2)11(14)6-8/h4-6,9-10H,3,7H2,1-2H3/t9-,10-/m1/s1. The Morgan fingerprint density at radius 1 is 1.53 bits per heavy atom. The second-order valence-corrected chi connectivity index (χ2v) is 4.09. The molecule has 1 fully saturated rings. The van der Waals surface area contributed by atoms with Gasteiger partial charge in [0.15, 0.2) is 11.6 Å². The van der Waals surface area contributed by atoms with E-state index < -0.39 is 0 Å². The Labute approximate surface area is 99.5 Å². The minimum Gasteiger partial charge on any atom is -0.494 e. The summed E-state index contributed by atoms with van der Waals surface area (Å²) in [5.41, 5.74) is 0.835. The van der Waals surface area contributed by atoms with Gasteiger partial charge in [-0.2, -0.15) is 0 Å². The van der Waals surface area contributed by atoms with Crippen LogP contribution in [-0.2, 0) is 9.53 Å². The van der Waals surface area contributed by atoms with E-state index in [1.54, 1.807) is 19.1 Å². The van der Waals surface area contributed by atoms with Gasteiger partial charge in [-0.1, -0.05) is 6.07 Å². The van der Waals surface area contributed by atoms with Crippen LogP contribution in [0.25, 0.3) is 0 Å². The topological polar surface area (TPSA) is 35.5 Å².